The van der Waals surface area contributed by atoms with Gasteiger partial charge in [0.1, 0.15) is 12.4 Å². The molecule has 0 aromatic heterocycles. The predicted octanol–water partition coefficient (Wildman–Crippen LogP) is 4.79. The molecule has 4 heteroatoms. The van der Waals surface area contributed by atoms with Gasteiger partial charge in [-0.15, -0.1) is 0 Å². The maximum atomic E-state index is 11.4. The first-order chi connectivity index (χ1) is 11.6. The van der Waals surface area contributed by atoms with Crippen LogP contribution in [0.4, 0.5) is 0 Å². The summed E-state index contributed by atoms with van der Waals surface area (Å²) in [6, 6.07) is 23.2. The number of hydrogen-bond acceptors (Lipinski definition) is 2. The van der Waals surface area contributed by atoms with Crippen molar-refractivity contribution in [3.63, 3.8) is 0 Å². The summed E-state index contributed by atoms with van der Waals surface area (Å²) in [5, 5.41) is 0. The fourth-order valence-electron chi connectivity index (χ4n) is 2.38. The molecule has 0 atom stereocenters. The van der Waals surface area contributed by atoms with Crippen molar-refractivity contribution in [2.45, 2.75) is 6.61 Å². The van der Waals surface area contributed by atoms with Crippen molar-refractivity contribution >= 4 is 21.8 Å². The summed E-state index contributed by atoms with van der Waals surface area (Å²) >= 11 is 3.41. The molecule has 0 aliphatic heterocycles. The van der Waals surface area contributed by atoms with E-state index in [1.807, 2.05) is 60.7 Å². The average molecular weight is 382 g/mol. The normalized spacial score (nSPS) is 10.4. The highest BCUT2D eigenvalue weighted by Gasteiger charge is 2.06. The van der Waals surface area contributed by atoms with Crippen LogP contribution in [0.15, 0.2) is 77.3 Å². The molecule has 0 heterocycles. The van der Waals surface area contributed by atoms with Gasteiger partial charge >= 0.3 is 0 Å². The van der Waals surface area contributed by atoms with Crippen molar-refractivity contribution in [2.75, 3.05) is 0 Å². The number of benzene rings is 3. The number of nitrogens with two attached hydrogens (primary N) is 1. The Morgan fingerprint density at radius 3 is 2.29 bits per heavy atom. The molecule has 3 nitrogen and oxygen atoms in total. The minimum atomic E-state index is -0.444. The van der Waals surface area contributed by atoms with Gasteiger partial charge < -0.3 is 10.5 Å². The van der Waals surface area contributed by atoms with Gasteiger partial charge in [0.15, 0.2) is 0 Å². The molecule has 0 spiro atoms. The fraction of sp³-hybridized carbons (Fsp3) is 0.0500. The van der Waals surface area contributed by atoms with Crippen LogP contribution in [0.1, 0.15) is 15.9 Å². The molecule has 0 aliphatic carbocycles. The van der Waals surface area contributed by atoms with E-state index in [2.05, 4.69) is 15.9 Å². The van der Waals surface area contributed by atoms with E-state index in [1.54, 1.807) is 12.1 Å². The second kappa shape index (κ2) is 7.32. The van der Waals surface area contributed by atoms with Crippen molar-refractivity contribution in [1.82, 2.24) is 0 Å². The van der Waals surface area contributed by atoms with Crippen LogP contribution in [-0.2, 0) is 6.61 Å². The summed E-state index contributed by atoms with van der Waals surface area (Å²) in [5.74, 6) is 0.355. The smallest absolute Gasteiger partial charge is 0.248 e. The highest BCUT2D eigenvalue weighted by atomic mass is 79.9. The van der Waals surface area contributed by atoms with Gasteiger partial charge in [0.25, 0.3) is 0 Å². The van der Waals surface area contributed by atoms with E-state index in [0.717, 1.165) is 26.9 Å². The number of halogens is 1. The Balaban J connectivity index is 1.76. The maximum Gasteiger partial charge on any atom is 0.248 e. The first-order valence-electron chi connectivity index (χ1n) is 7.49. The standard InChI is InChI=1S/C20H16BrNO2/c21-18-11-16(10-17(12-18)20(22)23)15-6-8-19(9-7-15)24-13-14-4-2-1-3-5-14/h1-12H,13H2,(H2,22,23). The van der Waals surface area contributed by atoms with Gasteiger partial charge in [-0.05, 0) is 47.0 Å². The van der Waals surface area contributed by atoms with Crippen LogP contribution in [0.5, 0.6) is 5.75 Å². The van der Waals surface area contributed by atoms with Crippen LogP contribution in [0.25, 0.3) is 11.1 Å². The number of ether oxygens (including phenoxy) is 1. The molecule has 0 saturated carbocycles. The Morgan fingerprint density at radius 1 is 0.917 bits per heavy atom. The number of carbonyl (C=O) groups excluding carboxylic acids is 1. The topological polar surface area (TPSA) is 52.3 Å². The molecule has 24 heavy (non-hydrogen) atoms. The van der Waals surface area contributed by atoms with E-state index in [-0.39, 0.29) is 0 Å². The van der Waals surface area contributed by atoms with E-state index >= 15 is 0 Å². The van der Waals surface area contributed by atoms with Crippen LogP contribution >= 0.6 is 15.9 Å². The van der Waals surface area contributed by atoms with Gasteiger partial charge in [-0.3, -0.25) is 4.79 Å². The van der Waals surface area contributed by atoms with Gasteiger partial charge in [-0.1, -0.05) is 58.4 Å². The summed E-state index contributed by atoms with van der Waals surface area (Å²) < 4.78 is 6.60. The number of primary amides is 1. The Hall–Kier alpha value is -2.59. The highest BCUT2D eigenvalue weighted by Crippen LogP contribution is 2.27. The largest absolute Gasteiger partial charge is 0.489 e. The monoisotopic (exact) mass is 381 g/mol. The van der Waals surface area contributed by atoms with E-state index in [1.165, 1.54) is 0 Å². The average Bonchev–Trinajstić information content (AvgIpc) is 2.61. The molecule has 3 aromatic carbocycles. The maximum absolute atomic E-state index is 11.4. The molecular formula is C20H16BrNO2. The zero-order valence-corrected chi connectivity index (χ0v) is 14.5. The summed E-state index contributed by atoms with van der Waals surface area (Å²) in [4.78, 5) is 11.4. The summed E-state index contributed by atoms with van der Waals surface area (Å²) in [5.41, 5.74) is 8.88. The molecule has 0 bridgehead atoms. The first-order valence-corrected chi connectivity index (χ1v) is 8.29. The minimum absolute atomic E-state index is 0.444. The molecule has 0 fully saturated rings. The molecule has 0 aliphatic rings. The third kappa shape index (κ3) is 4.03. The zero-order chi connectivity index (χ0) is 16.9. The van der Waals surface area contributed by atoms with Crippen LogP contribution in [0, 0.1) is 0 Å². The molecule has 0 unspecified atom stereocenters. The molecule has 120 valence electrons. The Morgan fingerprint density at radius 2 is 1.62 bits per heavy atom. The minimum Gasteiger partial charge on any atom is -0.489 e. The number of amides is 1. The van der Waals surface area contributed by atoms with E-state index in [4.69, 9.17) is 10.5 Å². The number of carbonyl (C=O) groups is 1. The van der Waals surface area contributed by atoms with Crippen LogP contribution in [0.2, 0.25) is 0 Å². The molecule has 0 saturated heterocycles. The third-order valence-electron chi connectivity index (χ3n) is 3.62. The van der Waals surface area contributed by atoms with Gasteiger partial charge in [0.05, 0.1) is 0 Å². The molecule has 3 aromatic rings. The number of hydrogen-bond donors (Lipinski definition) is 1. The van der Waals surface area contributed by atoms with Gasteiger partial charge in [-0.25, -0.2) is 0 Å². The van der Waals surface area contributed by atoms with Crippen LogP contribution in [-0.4, -0.2) is 5.91 Å². The van der Waals surface area contributed by atoms with E-state index in [0.29, 0.717) is 12.2 Å². The summed E-state index contributed by atoms with van der Waals surface area (Å²) in [7, 11) is 0. The van der Waals surface area contributed by atoms with Crippen LogP contribution in [0.3, 0.4) is 0 Å². The Labute approximate surface area is 149 Å². The van der Waals surface area contributed by atoms with Crippen molar-refractivity contribution in [2.24, 2.45) is 5.73 Å². The van der Waals surface area contributed by atoms with E-state index < -0.39 is 5.91 Å². The summed E-state index contributed by atoms with van der Waals surface area (Å²) in [6.45, 7) is 0.531. The van der Waals surface area contributed by atoms with Crippen molar-refractivity contribution in [1.29, 1.82) is 0 Å². The second-order valence-electron chi connectivity index (χ2n) is 5.39. The molecular weight excluding hydrogens is 366 g/mol. The van der Waals surface area contributed by atoms with Crippen molar-refractivity contribution in [3.05, 3.63) is 88.4 Å². The Kier molecular flexibility index (Phi) is 4.96. The lowest BCUT2D eigenvalue weighted by Gasteiger charge is -2.09. The van der Waals surface area contributed by atoms with Gasteiger partial charge in [-0.2, -0.15) is 0 Å². The summed E-state index contributed by atoms with van der Waals surface area (Å²) in [6.07, 6.45) is 0. The number of rotatable bonds is 5. The zero-order valence-electron chi connectivity index (χ0n) is 12.9. The Bertz CT molecular complexity index is 845. The fourth-order valence-corrected chi connectivity index (χ4v) is 2.88. The SMILES string of the molecule is NC(=O)c1cc(Br)cc(-c2ccc(OCc3ccccc3)cc2)c1. The highest BCUT2D eigenvalue weighted by molar-refractivity contribution is 9.10. The van der Waals surface area contributed by atoms with Crippen molar-refractivity contribution in [3.8, 4) is 16.9 Å². The third-order valence-corrected chi connectivity index (χ3v) is 4.08. The second-order valence-corrected chi connectivity index (χ2v) is 6.31. The lowest BCUT2D eigenvalue weighted by atomic mass is 10.0. The van der Waals surface area contributed by atoms with Gasteiger partial charge in [0, 0.05) is 10.0 Å². The quantitative estimate of drug-likeness (QED) is 0.690. The van der Waals surface area contributed by atoms with Crippen LogP contribution < -0.4 is 10.5 Å². The van der Waals surface area contributed by atoms with E-state index in [9.17, 15) is 4.79 Å². The molecule has 1 amide bonds. The van der Waals surface area contributed by atoms with Crippen molar-refractivity contribution < 1.29 is 9.53 Å². The molecule has 2 N–H and O–H groups in total. The molecule has 0 radical (unpaired) electrons. The first kappa shape index (κ1) is 16.3. The molecule has 3 rings (SSSR count). The lowest BCUT2D eigenvalue weighted by molar-refractivity contribution is 0.100. The lowest BCUT2D eigenvalue weighted by Crippen LogP contribution is -2.10. The van der Waals surface area contributed by atoms with Gasteiger partial charge in [0.2, 0.25) is 5.91 Å². The predicted molar refractivity (Wildman–Crippen MR) is 98.9 cm³/mol.